The van der Waals surface area contributed by atoms with E-state index in [0.717, 1.165) is 23.1 Å². The summed E-state index contributed by atoms with van der Waals surface area (Å²) in [4.78, 5) is 40.6. The van der Waals surface area contributed by atoms with E-state index in [1.807, 2.05) is 36.4 Å². The minimum Gasteiger partial charge on any atom is -0.455 e. The number of thiophene rings is 1. The van der Waals surface area contributed by atoms with E-state index in [9.17, 15) is 19.6 Å². The quantitative estimate of drug-likeness (QED) is 0.385. The third-order valence-electron chi connectivity index (χ3n) is 4.13. The number of ether oxygens (including phenoxy) is 1. The molecule has 8 nitrogen and oxygen atoms in total. The van der Waals surface area contributed by atoms with Crippen molar-refractivity contribution >= 4 is 44.9 Å². The van der Waals surface area contributed by atoms with E-state index in [1.54, 1.807) is 24.3 Å². The maximum atomic E-state index is 12.5. The molecule has 10 heteroatoms. The smallest absolute Gasteiger partial charge is 0.326 e. The zero-order valence-corrected chi connectivity index (χ0v) is 17.4. The molecule has 154 valence electrons. The van der Waals surface area contributed by atoms with E-state index in [2.05, 4.69) is 15.3 Å². The van der Waals surface area contributed by atoms with Crippen molar-refractivity contribution < 1.29 is 9.53 Å². The molecule has 0 atom stereocenters. The highest BCUT2D eigenvalue weighted by Gasteiger charge is 2.18. The van der Waals surface area contributed by atoms with Gasteiger partial charge in [-0.1, -0.05) is 30.3 Å². The molecular weight excluding hydrogens is 436 g/mol. The summed E-state index contributed by atoms with van der Waals surface area (Å²) < 4.78 is 6.56. The van der Waals surface area contributed by atoms with Crippen LogP contribution < -0.4 is 21.3 Å². The third-order valence-corrected chi connectivity index (χ3v) is 6.59. The zero-order valence-electron chi connectivity index (χ0n) is 15.8. The molecule has 4 rings (SSSR count). The molecule has 0 spiro atoms. The van der Waals surface area contributed by atoms with E-state index in [0.29, 0.717) is 21.4 Å². The average Bonchev–Trinajstić information content (AvgIpc) is 3.12. The molecule has 0 unspecified atom stereocenters. The van der Waals surface area contributed by atoms with Gasteiger partial charge in [0, 0.05) is 0 Å². The number of H-pyrrole nitrogens is 2. The molecule has 3 N–H and O–H groups in total. The largest absolute Gasteiger partial charge is 0.455 e. The first-order valence-electron chi connectivity index (χ1n) is 8.99. The number of carbonyl (C=O) groups is 1. The van der Waals surface area contributed by atoms with Gasteiger partial charge in [-0.3, -0.25) is 14.6 Å². The average molecular weight is 451 g/mol. The molecule has 2 heterocycles. The lowest BCUT2D eigenvalue weighted by Crippen LogP contribution is -2.20. The Morgan fingerprint density at radius 2 is 1.84 bits per heavy atom. The first-order valence-corrected chi connectivity index (χ1v) is 10.8. The van der Waals surface area contributed by atoms with E-state index >= 15 is 0 Å². The number of nitrogens with one attached hydrogen (secondary N) is 3. The Morgan fingerprint density at radius 1 is 1.10 bits per heavy atom. The number of para-hydroxylation sites is 3. The van der Waals surface area contributed by atoms with Gasteiger partial charge in [-0.25, -0.2) is 4.79 Å². The van der Waals surface area contributed by atoms with Crippen LogP contribution in [0.5, 0.6) is 11.5 Å². The predicted molar refractivity (Wildman–Crippen MR) is 120 cm³/mol. The lowest BCUT2D eigenvalue weighted by Gasteiger charge is -2.12. The third kappa shape index (κ3) is 4.53. The van der Waals surface area contributed by atoms with Crippen LogP contribution in [-0.2, 0) is 4.79 Å². The van der Waals surface area contributed by atoms with Gasteiger partial charge in [0.25, 0.3) is 5.56 Å². The Bertz CT molecular complexity index is 1420. The normalized spacial score (nSPS) is 10.5. The number of hydrogen-bond donors (Lipinski definition) is 3. The number of aromatic amines is 2. The van der Waals surface area contributed by atoms with Gasteiger partial charge in [0.05, 0.1) is 21.2 Å². The van der Waals surface area contributed by atoms with Crippen LogP contribution in [0.3, 0.4) is 0 Å². The second kappa shape index (κ2) is 8.91. The Balaban J connectivity index is 1.50. The number of benzene rings is 2. The minimum atomic E-state index is -0.684. The number of hydrogen-bond acceptors (Lipinski definition) is 7. The van der Waals surface area contributed by atoms with Crippen LogP contribution in [0, 0.1) is 11.3 Å². The number of nitriles is 1. The van der Waals surface area contributed by atoms with Crippen molar-refractivity contribution in [1.82, 2.24) is 9.97 Å². The lowest BCUT2D eigenvalue weighted by atomic mass is 10.3. The predicted octanol–water partition coefficient (Wildman–Crippen LogP) is 3.67. The summed E-state index contributed by atoms with van der Waals surface area (Å²) in [5.74, 6) is 0.832. The van der Waals surface area contributed by atoms with Crippen molar-refractivity contribution in [3.05, 3.63) is 81.0 Å². The number of carbonyl (C=O) groups excluding carboxylic acids is 1. The molecule has 0 saturated heterocycles. The first kappa shape index (κ1) is 20.5. The Hall–Kier alpha value is -3.81. The van der Waals surface area contributed by atoms with Gasteiger partial charge in [-0.05, 0) is 24.3 Å². The maximum absolute atomic E-state index is 12.5. The first-order chi connectivity index (χ1) is 15.0. The fourth-order valence-electron chi connectivity index (χ4n) is 2.79. The molecule has 0 bridgehead atoms. The van der Waals surface area contributed by atoms with Gasteiger partial charge in [-0.2, -0.15) is 5.26 Å². The van der Waals surface area contributed by atoms with E-state index in [-0.39, 0.29) is 27.4 Å². The van der Waals surface area contributed by atoms with Crippen LogP contribution >= 0.6 is 23.1 Å². The van der Waals surface area contributed by atoms with Gasteiger partial charge < -0.3 is 15.0 Å². The molecule has 2 aromatic heterocycles. The maximum Gasteiger partial charge on any atom is 0.326 e. The molecular formula is C21H14N4O4S2. The van der Waals surface area contributed by atoms with Gasteiger partial charge >= 0.3 is 5.69 Å². The molecule has 0 saturated carbocycles. The van der Waals surface area contributed by atoms with Crippen molar-refractivity contribution in [2.75, 3.05) is 11.1 Å². The molecule has 31 heavy (non-hydrogen) atoms. The number of fused-ring (bicyclic) bond motifs is 1. The molecule has 0 aliphatic rings. The highest BCUT2D eigenvalue weighted by molar-refractivity contribution is 8.02. The lowest BCUT2D eigenvalue weighted by molar-refractivity contribution is -0.113. The number of thioether (sulfide) groups is 1. The van der Waals surface area contributed by atoms with Crippen LogP contribution in [0.1, 0.15) is 5.56 Å². The van der Waals surface area contributed by atoms with E-state index in [1.165, 1.54) is 0 Å². The minimum absolute atomic E-state index is 0.00328. The standard InChI is InChI=1S/C21H14N4O4S2/c22-10-13-17-18(19(27)25-21(28)24-17)31-20(13)30-11-16(26)23-14-8-4-5-9-15(14)29-12-6-2-1-3-7-12/h1-9H,11H2,(H,23,26)(H2,24,25,27,28). The number of amides is 1. The van der Waals surface area contributed by atoms with Crippen LogP contribution in [0.15, 0.2) is 68.4 Å². The summed E-state index contributed by atoms with van der Waals surface area (Å²) in [6, 6.07) is 18.3. The summed E-state index contributed by atoms with van der Waals surface area (Å²) in [6.45, 7) is 0. The second-order valence-electron chi connectivity index (χ2n) is 6.24. The van der Waals surface area contributed by atoms with Crippen molar-refractivity contribution in [2.45, 2.75) is 4.21 Å². The number of anilines is 1. The molecule has 0 fully saturated rings. The Morgan fingerprint density at radius 3 is 2.61 bits per heavy atom. The summed E-state index contributed by atoms with van der Waals surface area (Å²) >= 11 is 2.18. The number of nitrogens with zero attached hydrogens (tertiary/aromatic N) is 1. The summed E-state index contributed by atoms with van der Waals surface area (Å²) in [5, 5.41) is 12.3. The summed E-state index contributed by atoms with van der Waals surface area (Å²) in [5.41, 5.74) is -0.381. The number of rotatable bonds is 6. The molecule has 4 aromatic rings. The van der Waals surface area contributed by atoms with Crippen molar-refractivity contribution in [2.24, 2.45) is 0 Å². The van der Waals surface area contributed by atoms with Crippen molar-refractivity contribution in [3.8, 4) is 17.6 Å². The van der Waals surface area contributed by atoms with E-state index in [4.69, 9.17) is 4.74 Å². The Labute approximate surface area is 183 Å². The highest BCUT2D eigenvalue weighted by Crippen LogP contribution is 2.35. The molecule has 0 aliphatic heterocycles. The fraction of sp³-hybridized carbons (Fsp3) is 0.0476. The molecule has 0 radical (unpaired) electrons. The summed E-state index contributed by atoms with van der Waals surface area (Å²) in [6.07, 6.45) is 0. The van der Waals surface area contributed by atoms with Crippen LogP contribution in [0.25, 0.3) is 10.2 Å². The van der Waals surface area contributed by atoms with Gasteiger partial charge in [0.15, 0.2) is 5.75 Å². The SMILES string of the molecule is N#Cc1c(SCC(=O)Nc2ccccc2Oc2ccccc2)sc2c(=O)[nH]c(=O)[nH]c12. The molecule has 1 amide bonds. The second-order valence-corrected chi connectivity index (χ2v) is 8.50. The van der Waals surface area contributed by atoms with Crippen molar-refractivity contribution in [1.29, 1.82) is 5.26 Å². The van der Waals surface area contributed by atoms with Gasteiger partial charge in [0.1, 0.15) is 22.1 Å². The summed E-state index contributed by atoms with van der Waals surface area (Å²) in [7, 11) is 0. The molecule has 2 aromatic carbocycles. The van der Waals surface area contributed by atoms with Crippen LogP contribution in [0.2, 0.25) is 0 Å². The Kier molecular flexibility index (Phi) is 5.88. The highest BCUT2D eigenvalue weighted by atomic mass is 32.2. The van der Waals surface area contributed by atoms with Gasteiger partial charge in [0.2, 0.25) is 5.91 Å². The van der Waals surface area contributed by atoms with Gasteiger partial charge in [-0.15, -0.1) is 23.1 Å². The van der Waals surface area contributed by atoms with E-state index < -0.39 is 11.2 Å². The van der Waals surface area contributed by atoms with Crippen molar-refractivity contribution in [3.63, 3.8) is 0 Å². The topological polar surface area (TPSA) is 128 Å². The van der Waals surface area contributed by atoms with Crippen LogP contribution in [0.4, 0.5) is 5.69 Å². The number of aromatic nitrogens is 2. The van der Waals surface area contributed by atoms with Crippen LogP contribution in [-0.4, -0.2) is 21.6 Å². The monoisotopic (exact) mass is 450 g/mol. The molecule has 0 aliphatic carbocycles. The zero-order chi connectivity index (χ0) is 21.8. The fourth-order valence-corrected chi connectivity index (χ4v) is 4.91.